The van der Waals surface area contributed by atoms with Gasteiger partial charge in [-0.3, -0.25) is 9.20 Å². The Morgan fingerprint density at radius 3 is 2.56 bits per heavy atom. The number of carbonyl (C=O) groups is 1. The van der Waals surface area contributed by atoms with Crippen molar-refractivity contribution in [1.29, 1.82) is 0 Å². The van der Waals surface area contributed by atoms with Gasteiger partial charge in [-0.1, -0.05) is 25.4 Å². The molecule has 0 radical (unpaired) electrons. The Morgan fingerprint density at radius 2 is 1.92 bits per heavy atom. The summed E-state index contributed by atoms with van der Waals surface area (Å²) in [5.41, 5.74) is 3.67. The summed E-state index contributed by atoms with van der Waals surface area (Å²) in [6.45, 7) is 10.2. The van der Waals surface area contributed by atoms with Crippen LogP contribution in [-0.4, -0.2) is 38.5 Å². The van der Waals surface area contributed by atoms with E-state index in [2.05, 4.69) is 29.0 Å². The van der Waals surface area contributed by atoms with E-state index in [-0.39, 0.29) is 33.8 Å². The Kier molecular flexibility index (Phi) is 6.19. The van der Waals surface area contributed by atoms with E-state index in [9.17, 15) is 14.7 Å². The lowest BCUT2D eigenvalue weighted by Crippen LogP contribution is -2.39. The molecule has 36 heavy (non-hydrogen) atoms. The lowest BCUT2D eigenvalue weighted by Gasteiger charge is -2.38. The summed E-state index contributed by atoms with van der Waals surface area (Å²) in [6, 6.07) is 4.83. The maximum atomic E-state index is 13.8. The maximum Gasteiger partial charge on any atom is 0.356 e. The van der Waals surface area contributed by atoms with Gasteiger partial charge < -0.3 is 15.3 Å². The van der Waals surface area contributed by atoms with Crippen LogP contribution < -0.4 is 15.8 Å². The van der Waals surface area contributed by atoms with Crippen LogP contribution in [0.25, 0.3) is 5.65 Å². The fraction of sp³-hybridized carbons (Fsp3) is 0.481. The van der Waals surface area contributed by atoms with E-state index in [0.717, 1.165) is 61.3 Å². The van der Waals surface area contributed by atoms with Crippen molar-refractivity contribution in [2.24, 2.45) is 5.41 Å². The number of pyridine rings is 2. The predicted octanol–water partition coefficient (Wildman–Crippen LogP) is 5.43. The van der Waals surface area contributed by atoms with E-state index in [0.29, 0.717) is 11.3 Å². The van der Waals surface area contributed by atoms with Crippen LogP contribution in [0.15, 0.2) is 29.2 Å². The number of hydrogen-bond donors (Lipinski definition) is 2. The molecule has 0 amide bonds. The smallest absolute Gasteiger partial charge is 0.356 e. The molecule has 1 aliphatic heterocycles. The summed E-state index contributed by atoms with van der Waals surface area (Å²) < 4.78 is 1.67. The van der Waals surface area contributed by atoms with E-state index in [1.807, 2.05) is 26.1 Å². The number of aromatic carboxylic acids is 1. The highest BCUT2D eigenvalue weighted by Gasteiger charge is 2.35. The van der Waals surface area contributed by atoms with Gasteiger partial charge in [-0.15, -0.1) is 0 Å². The number of hydrogen-bond acceptors (Lipinski definition) is 6. The van der Waals surface area contributed by atoms with Gasteiger partial charge in [0.05, 0.1) is 17.3 Å². The number of carboxylic acids is 1. The first-order valence-corrected chi connectivity index (χ1v) is 12.9. The largest absolute Gasteiger partial charge is 0.476 e. The molecule has 3 aromatic heterocycles. The zero-order valence-corrected chi connectivity index (χ0v) is 21.9. The Labute approximate surface area is 215 Å². The van der Waals surface area contributed by atoms with Crippen molar-refractivity contribution in [1.82, 2.24) is 14.4 Å². The molecule has 1 saturated heterocycles. The van der Waals surface area contributed by atoms with Gasteiger partial charge in [-0.25, -0.2) is 14.8 Å². The molecule has 9 heteroatoms. The van der Waals surface area contributed by atoms with Crippen LogP contribution in [-0.2, 0) is 0 Å². The van der Waals surface area contributed by atoms with E-state index >= 15 is 0 Å². The van der Waals surface area contributed by atoms with Gasteiger partial charge in [-0.05, 0) is 74.6 Å². The molecule has 0 bridgehead atoms. The predicted molar refractivity (Wildman–Crippen MR) is 142 cm³/mol. The Hall–Kier alpha value is -3.13. The standard InChI is InChI=1S/C27H32ClN5O3/c1-15-13-18(16(2)29-19-7-8-20(28)30-22(19)26(35)36)23-31-24(32-11-9-27(3,4)10-12-32)21(17-5-6-17)25(34)33(23)14-15/h7-8,13-14,16-17,29H,5-6,9-12H2,1-4H3,(H,35,36)/t16-/m1/s1. The number of nitrogens with one attached hydrogen (secondary N) is 1. The van der Waals surface area contributed by atoms with Gasteiger partial charge in [0.1, 0.15) is 16.6 Å². The minimum Gasteiger partial charge on any atom is -0.476 e. The third-order valence-electron chi connectivity index (χ3n) is 7.41. The van der Waals surface area contributed by atoms with Crippen LogP contribution in [0.1, 0.15) is 85.6 Å². The average molecular weight is 510 g/mol. The number of halogens is 1. The zero-order chi connectivity index (χ0) is 25.8. The van der Waals surface area contributed by atoms with Crippen molar-refractivity contribution in [2.45, 2.75) is 65.3 Å². The van der Waals surface area contributed by atoms with E-state index < -0.39 is 5.97 Å². The van der Waals surface area contributed by atoms with Crippen molar-refractivity contribution < 1.29 is 9.90 Å². The molecule has 3 aromatic rings. The highest BCUT2D eigenvalue weighted by atomic mass is 35.5. The summed E-state index contributed by atoms with van der Waals surface area (Å²) in [5.74, 6) is -0.0840. The highest BCUT2D eigenvalue weighted by Crippen LogP contribution is 2.43. The molecule has 2 aliphatic rings. The third kappa shape index (κ3) is 4.66. The number of carboxylic acid groups (broad SMARTS) is 1. The Balaban J connectivity index is 1.61. The minimum atomic E-state index is -1.17. The summed E-state index contributed by atoms with van der Waals surface area (Å²) in [6.07, 6.45) is 6.00. The quantitative estimate of drug-likeness (QED) is 0.427. The lowest BCUT2D eigenvalue weighted by atomic mass is 9.82. The van der Waals surface area contributed by atoms with Crippen LogP contribution in [0.5, 0.6) is 0 Å². The Bertz CT molecular complexity index is 1400. The maximum absolute atomic E-state index is 13.8. The SMILES string of the molecule is Cc1cc([C@@H](C)Nc2ccc(Cl)nc2C(=O)O)c2nc(N3CCC(C)(C)CC3)c(C3CC3)c(=O)n2c1. The van der Waals surface area contributed by atoms with Crippen molar-refractivity contribution in [3.8, 4) is 0 Å². The van der Waals surface area contributed by atoms with Crippen molar-refractivity contribution in [3.05, 3.63) is 62.3 Å². The number of nitrogens with zero attached hydrogens (tertiary/aromatic N) is 4. The van der Waals surface area contributed by atoms with Gasteiger partial charge in [-0.2, -0.15) is 0 Å². The zero-order valence-electron chi connectivity index (χ0n) is 21.1. The van der Waals surface area contributed by atoms with Gasteiger partial charge in [0.25, 0.3) is 5.56 Å². The Morgan fingerprint density at radius 1 is 1.22 bits per heavy atom. The molecule has 1 atom stereocenters. The molecule has 2 fully saturated rings. The number of fused-ring (bicyclic) bond motifs is 1. The molecular formula is C27H32ClN5O3. The van der Waals surface area contributed by atoms with Gasteiger partial charge >= 0.3 is 5.97 Å². The van der Waals surface area contributed by atoms with Crippen LogP contribution >= 0.6 is 11.6 Å². The highest BCUT2D eigenvalue weighted by molar-refractivity contribution is 6.29. The molecule has 190 valence electrons. The second kappa shape index (κ2) is 9.07. The molecule has 0 aromatic carbocycles. The minimum absolute atomic E-state index is 0.00105. The van der Waals surface area contributed by atoms with Gasteiger partial charge in [0.15, 0.2) is 5.69 Å². The monoisotopic (exact) mass is 509 g/mol. The summed E-state index contributed by atoms with van der Waals surface area (Å²) in [5, 5.41) is 13.0. The number of aromatic nitrogens is 3. The first-order valence-electron chi connectivity index (χ1n) is 12.5. The average Bonchev–Trinajstić information content (AvgIpc) is 3.65. The van der Waals surface area contributed by atoms with Crippen molar-refractivity contribution in [2.75, 3.05) is 23.3 Å². The van der Waals surface area contributed by atoms with Crippen LogP contribution in [0.2, 0.25) is 5.15 Å². The molecule has 4 heterocycles. The summed E-state index contributed by atoms with van der Waals surface area (Å²) >= 11 is 5.93. The lowest BCUT2D eigenvalue weighted by molar-refractivity contribution is 0.0691. The fourth-order valence-corrected chi connectivity index (χ4v) is 5.20. The van der Waals surface area contributed by atoms with Crippen molar-refractivity contribution in [3.63, 3.8) is 0 Å². The van der Waals surface area contributed by atoms with E-state index in [1.54, 1.807) is 16.5 Å². The molecule has 1 aliphatic carbocycles. The molecule has 2 N–H and O–H groups in total. The number of anilines is 2. The first kappa shape index (κ1) is 24.6. The summed E-state index contributed by atoms with van der Waals surface area (Å²) in [4.78, 5) is 37.0. The van der Waals surface area contributed by atoms with Crippen molar-refractivity contribution >= 4 is 34.7 Å². The molecular weight excluding hydrogens is 478 g/mol. The van der Waals surface area contributed by atoms with E-state index in [1.165, 1.54) is 0 Å². The first-order chi connectivity index (χ1) is 17.0. The van der Waals surface area contributed by atoms with E-state index in [4.69, 9.17) is 16.6 Å². The second-order valence-electron chi connectivity index (χ2n) is 10.9. The molecule has 0 spiro atoms. The van der Waals surface area contributed by atoms with Crippen LogP contribution in [0, 0.1) is 12.3 Å². The van der Waals surface area contributed by atoms with Crippen LogP contribution in [0.3, 0.4) is 0 Å². The summed E-state index contributed by atoms with van der Waals surface area (Å²) in [7, 11) is 0. The second-order valence-corrected chi connectivity index (χ2v) is 11.3. The topological polar surface area (TPSA) is 99.8 Å². The number of rotatable bonds is 6. The number of aryl methyl sites for hydroxylation is 1. The molecule has 0 unspecified atom stereocenters. The fourth-order valence-electron chi connectivity index (χ4n) is 5.05. The molecule has 8 nitrogen and oxygen atoms in total. The normalized spacial score (nSPS) is 18.3. The molecule has 5 rings (SSSR count). The third-order valence-corrected chi connectivity index (χ3v) is 7.62. The van der Waals surface area contributed by atoms with Crippen LogP contribution in [0.4, 0.5) is 11.5 Å². The molecule has 1 saturated carbocycles. The van der Waals surface area contributed by atoms with Gasteiger partial charge in [0.2, 0.25) is 0 Å². The van der Waals surface area contributed by atoms with Gasteiger partial charge in [0, 0.05) is 24.8 Å². The number of piperidine rings is 1.